The highest BCUT2D eigenvalue weighted by atomic mass is 32.2. The summed E-state index contributed by atoms with van der Waals surface area (Å²) >= 11 is 4.34. The van der Waals surface area contributed by atoms with Crippen molar-refractivity contribution in [2.75, 3.05) is 54.3 Å². The molecule has 0 atom stereocenters. The highest BCUT2D eigenvalue weighted by Gasteiger charge is 2.21. The molecular formula is C60H105N3O9S3. The minimum Gasteiger partial charge on any atom is -0.466 e. The topological polar surface area (TPSA) is 169 Å². The number of nitrogens with zero attached hydrogens (tertiary/aromatic N) is 3. The van der Waals surface area contributed by atoms with Gasteiger partial charge in [0.1, 0.15) is 0 Å². The van der Waals surface area contributed by atoms with Crippen LogP contribution in [0.4, 0.5) is 0 Å². The van der Waals surface area contributed by atoms with Gasteiger partial charge in [-0.1, -0.05) is 213 Å². The molecule has 0 bridgehead atoms. The Morgan fingerprint density at radius 3 is 0.680 bits per heavy atom. The van der Waals surface area contributed by atoms with Crippen molar-refractivity contribution < 1.29 is 43.0 Å². The van der Waals surface area contributed by atoms with Gasteiger partial charge in [-0.05, 0) is 19.3 Å². The van der Waals surface area contributed by atoms with E-state index in [1.165, 1.54) is 209 Å². The molecule has 0 fully saturated rings. The maximum atomic E-state index is 13.4. The molecule has 0 aliphatic carbocycles. The largest absolute Gasteiger partial charge is 0.466 e. The van der Waals surface area contributed by atoms with Gasteiger partial charge in [0, 0.05) is 53.8 Å². The summed E-state index contributed by atoms with van der Waals surface area (Å²) in [5.74, 6) is 0.00832. The molecule has 1 heterocycles. The van der Waals surface area contributed by atoms with E-state index in [4.69, 9.17) is 14.2 Å². The van der Waals surface area contributed by atoms with Crippen LogP contribution in [-0.2, 0) is 28.6 Å². The summed E-state index contributed by atoms with van der Waals surface area (Å²) in [6.45, 7) is 8.02. The van der Waals surface area contributed by atoms with E-state index in [1.54, 1.807) is 0 Å². The van der Waals surface area contributed by atoms with Crippen LogP contribution in [0.25, 0.3) is 0 Å². The summed E-state index contributed by atoms with van der Waals surface area (Å²) in [5.41, 5.74) is 0. The Balaban J connectivity index is 2.53. The Kier molecular flexibility index (Phi) is 50.3. The van der Waals surface area contributed by atoms with Crippen LogP contribution in [0.1, 0.15) is 303 Å². The third-order valence-corrected chi connectivity index (χ3v) is 16.1. The number of carbonyl (C=O) groups is 6. The van der Waals surface area contributed by atoms with Crippen molar-refractivity contribution in [1.29, 1.82) is 0 Å². The molecule has 0 saturated heterocycles. The summed E-state index contributed by atoms with van der Waals surface area (Å²) < 4.78 is 16.3. The van der Waals surface area contributed by atoms with Gasteiger partial charge in [0.05, 0.1) is 39.1 Å². The lowest BCUT2D eigenvalue weighted by Crippen LogP contribution is -2.19. The first-order valence-electron chi connectivity index (χ1n) is 30.3. The van der Waals surface area contributed by atoms with E-state index in [-0.39, 0.29) is 73.9 Å². The third kappa shape index (κ3) is 45.1. The molecule has 0 saturated carbocycles. The molecule has 0 amide bonds. The van der Waals surface area contributed by atoms with Crippen LogP contribution in [-0.4, -0.2) is 105 Å². The van der Waals surface area contributed by atoms with Crippen molar-refractivity contribution in [1.82, 2.24) is 15.0 Å². The minimum absolute atomic E-state index is 0.0557. The van der Waals surface area contributed by atoms with Crippen molar-refractivity contribution >= 4 is 70.5 Å². The predicted molar refractivity (Wildman–Crippen MR) is 315 cm³/mol. The summed E-state index contributed by atoms with van der Waals surface area (Å²) in [7, 11) is 0. The normalized spacial score (nSPS) is 11.2. The fraction of sp³-hybridized carbons (Fsp3) is 0.850. The van der Waals surface area contributed by atoms with E-state index >= 15 is 0 Å². The molecule has 1 rings (SSSR count). The predicted octanol–water partition coefficient (Wildman–Crippen LogP) is 16.5. The molecule has 75 heavy (non-hydrogen) atoms. The molecular weight excluding hydrogens is 1000 g/mol. The Morgan fingerprint density at radius 1 is 0.280 bits per heavy atom. The summed E-state index contributed by atoms with van der Waals surface area (Å²) in [4.78, 5) is 89.8. The van der Waals surface area contributed by atoms with Crippen LogP contribution in [0.15, 0.2) is 0 Å². The lowest BCUT2D eigenvalue weighted by molar-refractivity contribution is -0.144. The maximum absolute atomic E-state index is 13.4. The molecule has 1 aromatic rings. The van der Waals surface area contributed by atoms with Crippen molar-refractivity contribution in [3.63, 3.8) is 0 Å². The van der Waals surface area contributed by atoms with Gasteiger partial charge >= 0.3 is 17.9 Å². The van der Waals surface area contributed by atoms with Crippen LogP contribution in [0.5, 0.6) is 0 Å². The van der Waals surface area contributed by atoms with Crippen LogP contribution in [0.3, 0.4) is 0 Å². The number of hydrogen-bond acceptors (Lipinski definition) is 15. The third-order valence-electron chi connectivity index (χ3n) is 13.2. The number of carbonyl (C=O) groups excluding carboxylic acids is 6. The molecule has 1 aromatic heterocycles. The smallest absolute Gasteiger partial charge is 0.306 e. The Labute approximate surface area is 469 Å². The highest BCUT2D eigenvalue weighted by Crippen LogP contribution is 2.17. The fourth-order valence-electron chi connectivity index (χ4n) is 8.43. The minimum atomic E-state index is -0.422. The molecule has 0 radical (unpaired) electrons. The average Bonchev–Trinajstić information content (AvgIpc) is 3.41. The van der Waals surface area contributed by atoms with Gasteiger partial charge in [-0.3, -0.25) is 28.8 Å². The lowest BCUT2D eigenvalue weighted by Gasteiger charge is -2.08. The van der Waals surface area contributed by atoms with Gasteiger partial charge < -0.3 is 14.2 Å². The van der Waals surface area contributed by atoms with Crippen molar-refractivity contribution in [2.45, 2.75) is 271 Å². The molecule has 15 heteroatoms. The number of aromatic nitrogens is 3. The summed E-state index contributed by atoms with van der Waals surface area (Å²) in [6.07, 6.45) is 41.6. The lowest BCUT2D eigenvalue weighted by atomic mass is 10.1. The molecule has 0 N–H and O–H groups in total. The van der Waals surface area contributed by atoms with Gasteiger partial charge in [0.15, 0.2) is 17.5 Å². The first kappa shape index (κ1) is 70.5. The quantitative estimate of drug-likeness (QED) is 0.0261. The zero-order valence-corrected chi connectivity index (χ0v) is 50.1. The second-order valence-corrected chi connectivity index (χ2v) is 23.9. The Hall–Kier alpha value is -2.52. The molecule has 0 aliphatic rings. The first-order chi connectivity index (χ1) is 36.7. The summed E-state index contributed by atoms with van der Waals surface area (Å²) in [6, 6.07) is 0. The zero-order chi connectivity index (χ0) is 54.5. The fourth-order valence-corrected chi connectivity index (χ4v) is 11.0. The van der Waals surface area contributed by atoms with E-state index in [1.807, 2.05) is 0 Å². The molecule has 12 nitrogen and oxygen atoms in total. The van der Waals surface area contributed by atoms with Gasteiger partial charge in [-0.15, -0.1) is 0 Å². The van der Waals surface area contributed by atoms with Gasteiger partial charge in [0.25, 0.3) is 0 Å². The second kappa shape index (κ2) is 53.5. The van der Waals surface area contributed by atoms with Crippen LogP contribution in [0, 0.1) is 0 Å². The Morgan fingerprint density at radius 2 is 0.467 bits per heavy atom. The second-order valence-electron chi connectivity index (χ2n) is 20.2. The Bertz CT molecular complexity index is 1410. The van der Waals surface area contributed by atoms with Crippen molar-refractivity contribution in [3.05, 3.63) is 17.5 Å². The van der Waals surface area contributed by atoms with Gasteiger partial charge in [-0.25, -0.2) is 15.0 Å². The molecule has 432 valence electrons. The maximum Gasteiger partial charge on any atom is 0.306 e. The van der Waals surface area contributed by atoms with E-state index in [9.17, 15) is 28.8 Å². The van der Waals surface area contributed by atoms with Crippen molar-refractivity contribution in [2.24, 2.45) is 0 Å². The number of hydrogen-bond donors (Lipinski definition) is 0. The number of ketones is 3. The van der Waals surface area contributed by atoms with E-state index < -0.39 is 17.3 Å². The number of unbranched alkanes of at least 4 members (excludes halogenated alkanes) is 30. The summed E-state index contributed by atoms with van der Waals surface area (Å²) in [5, 5.41) is 0. The molecule has 0 spiro atoms. The molecule has 0 aliphatic heterocycles. The van der Waals surface area contributed by atoms with Gasteiger partial charge in [0.2, 0.25) is 17.3 Å². The number of rotatable bonds is 57. The molecule has 0 aromatic carbocycles. The number of Topliss-reactive ketones (excluding diaryl/α,β-unsaturated/α-hetero) is 3. The van der Waals surface area contributed by atoms with Gasteiger partial charge in [-0.2, -0.15) is 35.3 Å². The van der Waals surface area contributed by atoms with E-state index in [2.05, 4.69) is 35.7 Å². The van der Waals surface area contributed by atoms with E-state index in [0.717, 1.165) is 38.5 Å². The zero-order valence-electron chi connectivity index (χ0n) is 47.7. The van der Waals surface area contributed by atoms with E-state index in [0.29, 0.717) is 54.3 Å². The highest BCUT2D eigenvalue weighted by molar-refractivity contribution is 7.99. The average molecular weight is 1110 g/mol. The van der Waals surface area contributed by atoms with Crippen LogP contribution in [0.2, 0.25) is 0 Å². The first-order valence-corrected chi connectivity index (χ1v) is 33.7. The number of esters is 3. The molecule has 0 unspecified atom stereocenters. The monoisotopic (exact) mass is 1110 g/mol. The van der Waals surface area contributed by atoms with Crippen LogP contribution >= 0.6 is 35.3 Å². The number of thioether (sulfide) groups is 3. The SMILES string of the molecule is CCCCCCCCCCCCCOC(=O)CCSCCC(=O)c1nc(C(=O)CCSCCC(=O)OCCCCCCCCCCCCC)nc(C(=O)CCSCCC(=O)OCCCCCCCCCCCCC)n1. The van der Waals surface area contributed by atoms with Crippen molar-refractivity contribution in [3.8, 4) is 0 Å². The van der Waals surface area contributed by atoms with Crippen LogP contribution < -0.4 is 0 Å². The standard InChI is InChI=1S/C60H105N3O9S3/c1-4-7-10-13-16-19-22-25-28-31-34-43-70-55(67)40-49-73-46-37-52(64)58-61-59(53(65)38-47-74-50-41-56(68)71-44-35-32-29-26-23-20-17-14-11-8-5-2)63-60(62-58)54(66)39-48-75-51-42-57(69)72-45-36-33-30-27-24-21-18-15-12-9-6-3/h4-51H2,1-3H3. The number of ether oxygens (including phenoxy) is 3.